The SMILES string of the molecule is COc1ccc(NC(=O)CC2CSc3nc4c(cnn4-c4ccc(C)cc4C)c(=O)n32)c(OC)c1. The molecule has 9 nitrogen and oxygen atoms in total. The van der Waals surface area contributed by atoms with Crippen LogP contribution in [0.5, 0.6) is 11.5 Å². The summed E-state index contributed by atoms with van der Waals surface area (Å²) in [6.45, 7) is 4.05. The largest absolute Gasteiger partial charge is 0.497 e. The predicted octanol–water partition coefficient (Wildman–Crippen LogP) is 3.89. The molecule has 1 aliphatic heterocycles. The van der Waals surface area contributed by atoms with Crippen LogP contribution >= 0.6 is 11.8 Å². The van der Waals surface area contributed by atoms with Crippen molar-refractivity contribution < 1.29 is 14.3 Å². The van der Waals surface area contributed by atoms with E-state index in [1.165, 1.54) is 18.9 Å². The summed E-state index contributed by atoms with van der Waals surface area (Å²) in [5.74, 6) is 1.49. The van der Waals surface area contributed by atoms with Crippen molar-refractivity contribution in [3.05, 3.63) is 64.1 Å². The number of hydrogen-bond acceptors (Lipinski definition) is 7. The first-order chi connectivity index (χ1) is 16.9. The zero-order chi connectivity index (χ0) is 24.7. The van der Waals surface area contributed by atoms with E-state index in [-0.39, 0.29) is 23.9 Å². The van der Waals surface area contributed by atoms with Crippen molar-refractivity contribution >= 4 is 34.4 Å². The van der Waals surface area contributed by atoms with Gasteiger partial charge in [-0.05, 0) is 37.6 Å². The van der Waals surface area contributed by atoms with Crippen molar-refractivity contribution in [3.8, 4) is 17.2 Å². The van der Waals surface area contributed by atoms with E-state index in [9.17, 15) is 9.59 Å². The number of hydrogen-bond donors (Lipinski definition) is 1. The highest BCUT2D eigenvalue weighted by molar-refractivity contribution is 7.99. The zero-order valence-electron chi connectivity index (χ0n) is 19.9. The number of fused-ring (bicyclic) bond motifs is 2. The summed E-state index contributed by atoms with van der Waals surface area (Å²) in [7, 11) is 3.10. The number of nitrogens with one attached hydrogen (secondary N) is 1. The highest BCUT2D eigenvalue weighted by Crippen LogP contribution is 2.35. The van der Waals surface area contributed by atoms with E-state index in [0.29, 0.717) is 39.1 Å². The summed E-state index contributed by atoms with van der Waals surface area (Å²) in [5.41, 5.74) is 3.96. The molecular weight excluding hydrogens is 466 g/mol. The lowest BCUT2D eigenvalue weighted by atomic mass is 10.1. The number of rotatable bonds is 6. The molecule has 0 radical (unpaired) electrons. The lowest BCUT2D eigenvalue weighted by molar-refractivity contribution is -0.116. The van der Waals surface area contributed by atoms with Crippen LogP contribution in [-0.4, -0.2) is 45.2 Å². The number of aromatic nitrogens is 4. The molecule has 0 bridgehead atoms. The van der Waals surface area contributed by atoms with Crippen molar-refractivity contribution in [1.82, 2.24) is 19.3 Å². The van der Waals surface area contributed by atoms with E-state index in [2.05, 4.69) is 16.5 Å². The van der Waals surface area contributed by atoms with Crippen LogP contribution in [0.1, 0.15) is 23.6 Å². The van der Waals surface area contributed by atoms with Crippen LogP contribution in [0.25, 0.3) is 16.7 Å². The molecule has 2 aromatic heterocycles. The summed E-state index contributed by atoms with van der Waals surface area (Å²) in [4.78, 5) is 31.1. The van der Waals surface area contributed by atoms with E-state index >= 15 is 0 Å². The molecule has 0 spiro atoms. The van der Waals surface area contributed by atoms with Crippen LogP contribution in [-0.2, 0) is 4.79 Å². The van der Waals surface area contributed by atoms with Gasteiger partial charge < -0.3 is 14.8 Å². The number of nitrogens with zero attached hydrogens (tertiary/aromatic N) is 4. The highest BCUT2D eigenvalue weighted by atomic mass is 32.2. The molecular formula is C25H25N5O4S. The first-order valence-electron chi connectivity index (χ1n) is 11.1. The number of thioether (sulfide) groups is 1. The zero-order valence-corrected chi connectivity index (χ0v) is 20.7. The minimum atomic E-state index is -0.312. The number of benzene rings is 2. The van der Waals surface area contributed by atoms with Gasteiger partial charge in [0.15, 0.2) is 10.8 Å². The lowest BCUT2D eigenvalue weighted by Gasteiger charge is -2.15. The predicted molar refractivity (Wildman–Crippen MR) is 135 cm³/mol. The Hall–Kier alpha value is -3.79. The molecule has 1 N–H and O–H groups in total. The molecule has 0 saturated carbocycles. The number of carbonyl (C=O) groups excluding carboxylic acids is 1. The molecule has 2 aromatic carbocycles. The Morgan fingerprint density at radius 3 is 2.74 bits per heavy atom. The number of ether oxygens (including phenoxy) is 2. The Morgan fingerprint density at radius 2 is 2.00 bits per heavy atom. The second-order valence-corrected chi connectivity index (χ2v) is 9.42. The van der Waals surface area contributed by atoms with E-state index < -0.39 is 0 Å². The molecule has 1 unspecified atom stereocenters. The van der Waals surface area contributed by atoms with Gasteiger partial charge in [-0.25, -0.2) is 9.67 Å². The molecule has 0 saturated heterocycles. The van der Waals surface area contributed by atoms with Crippen LogP contribution in [0.3, 0.4) is 0 Å². The Labute approximate surface area is 206 Å². The van der Waals surface area contributed by atoms with Gasteiger partial charge in [-0.1, -0.05) is 29.5 Å². The van der Waals surface area contributed by atoms with Crippen molar-refractivity contribution in [2.75, 3.05) is 25.3 Å². The molecule has 0 aliphatic carbocycles. The normalized spacial score (nSPS) is 14.7. The van der Waals surface area contributed by atoms with E-state index in [1.54, 1.807) is 40.8 Å². The van der Waals surface area contributed by atoms with Crippen LogP contribution in [0.2, 0.25) is 0 Å². The van der Waals surface area contributed by atoms with Gasteiger partial charge in [-0.15, -0.1) is 0 Å². The van der Waals surface area contributed by atoms with Gasteiger partial charge in [0.25, 0.3) is 5.56 Å². The fraction of sp³-hybridized carbons (Fsp3) is 0.280. The van der Waals surface area contributed by atoms with Crippen molar-refractivity contribution in [2.24, 2.45) is 0 Å². The minimum Gasteiger partial charge on any atom is -0.497 e. The maximum absolute atomic E-state index is 13.4. The number of amides is 1. The average molecular weight is 492 g/mol. The molecule has 1 aliphatic rings. The van der Waals surface area contributed by atoms with Crippen LogP contribution in [0, 0.1) is 13.8 Å². The number of methoxy groups -OCH3 is 2. The Balaban J connectivity index is 1.43. The first kappa shape index (κ1) is 23.0. The molecule has 0 fully saturated rings. The maximum Gasteiger partial charge on any atom is 0.265 e. The lowest BCUT2D eigenvalue weighted by Crippen LogP contribution is -2.27. The van der Waals surface area contributed by atoms with Crippen LogP contribution in [0.15, 0.2) is 52.5 Å². The molecule has 35 heavy (non-hydrogen) atoms. The average Bonchev–Trinajstić information content (AvgIpc) is 3.44. The van der Waals surface area contributed by atoms with Gasteiger partial charge in [-0.2, -0.15) is 5.10 Å². The van der Waals surface area contributed by atoms with Crippen LogP contribution < -0.4 is 20.3 Å². The fourth-order valence-corrected chi connectivity index (χ4v) is 5.45. The summed E-state index contributed by atoms with van der Waals surface area (Å²) in [6, 6.07) is 10.9. The maximum atomic E-state index is 13.4. The summed E-state index contributed by atoms with van der Waals surface area (Å²) < 4.78 is 13.9. The second kappa shape index (κ2) is 9.10. The number of aryl methyl sites for hydroxylation is 2. The van der Waals surface area contributed by atoms with Gasteiger partial charge in [0, 0.05) is 18.2 Å². The van der Waals surface area contributed by atoms with E-state index in [4.69, 9.17) is 14.5 Å². The summed E-state index contributed by atoms with van der Waals surface area (Å²) in [6.07, 6.45) is 1.69. The van der Waals surface area contributed by atoms with Gasteiger partial charge in [0.05, 0.1) is 37.8 Å². The molecule has 180 valence electrons. The van der Waals surface area contributed by atoms with Gasteiger partial charge in [-0.3, -0.25) is 14.2 Å². The smallest absolute Gasteiger partial charge is 0.265 e. The van der Waals surface area contributed by atoms with Crippen molar-refractivity contribution in [1.29, 1.82) is 0 Å². The van der Waals surface area contributed by atoms with Gasteiger partial charge in [0.1, 0.15) is 16.9 Å². The Kier molecular flexibility index (Phi) is 5.98. The molecule has 1 atom stereocenters. The third kappa shape index (κ3) is 4.14. The third-order valence-corrected chi connectivity index (χ3v) is 7.15. The first-order valence-corrected chi connectivity index (χ1v) is 12.1. The monoisotopic (exact) mass is 491 g/mol. The molecule has 5 rings (SSSR count). The van der Waals surface area contributed by atoms with Crippen molar-refractivity contribution in [2.45, 2.75) is 31.5 Å². The van der Waals surface area contributed by atoms with Crippen molar-refractivity contribution in [3.63, 3.8) is 0 Å². The standard InChI is InChI=1S/C25H25N5O4S/c1-14-5-8-20(15(2)9-14)30-23-18(12-26-30)24(32)29-16(13-35-25(29)28-23)10-22(31)27-19-7-6-17(33-3)11-21(19)34-4/h5-9,11-12,16H,10,13H2,1-4H3,(H,27,31). The minimum absolute atomic E-state index is 0.132. The molecule has 10 heteroatoms. The van der Waals surface area contributed by atoms with Crippen LogP contribution in [0.4, 0.5) is 5.69 Å². The quantitative estimate of drug-likeness (QED) is 0.409. The van der Waals surface area contributed by atoms with E-state index in [0.717, 1.165) is 16.8 Å². The Bertz CT molecular complexity index is 1510. The number of anilines is 1. The molecule has 4 aromatic rings. The van der Waals surface area contributed by atoms with Gasteiger partial charge >= 0.3 is 0 Å². The second-order valence-electron chi connectivity index (χ2n) is 8.44. The highest BCUT2D eigenvalue weighted by Gasteiger charge is 2.30. The molecule has 3 heterocycles. The third-order valence-electron chi connectivity index (χ3n) is 6.05. The van der Waals surface area contributed by atoms with E-state index in [1.807, 2.05) is 26.0 Å². The summed E-state index contributed by atoms with van der Waals surface area (Å²) >= 11 is 1.47. The summed E-state index contributed by atoms with van der Waals surface area (Å²) in [5, 5.41) is 8.36. The topological polar surface area (TPSA) is 100 Å². The van der Waals surface area contributed by atoms with Gasteiger partial charge in [0.2, 0.25) is 5.91 Å². The number of carbonyl (C=O) groups is 1. The Morgan fingerprint density at radius 1 is 1.17 bits per heavy atom. The fourth-order valence-electron chi connectivity index (χ4n) is 4.32. The molecule has 1 amide bonds.